The third-order valence-electron chi connectivity index (χ3n) is 6.33. The Bertz CT molecular complexity index is 1200. The number of nitrogens with zero attached hydrogens (tertiary/aromatic N) is 2. The molecule has 0 bridgehead atoms. The van der Waals surface area contributed by atoms with Crippen molar-refractivity contribution in [3.05, 3.63) is 67.6 Å². The number of fused-ring (bicyclic) bond motifs is 1. The molecule has 2 fully saturated rings. The minimum absolute atomic E-state index is 0.00455. The molecule has 2 aromatic rings. The van der Waals surface area contributed by atoms with E-state index in [2.05, 4.69) is 0 Å². The number of benzene rings is 2. The van der Waals surface area contributed by atoms with Crippen molar-refractivity contribution < 1.29 is 19.2 Å². The largest absolute Gasteiger partial charge is 0.292 e. The first-order chi connectivity index (χ1) is 16.1. The minimum Gasteiger partial charge on any atom is -0.292 e. The summed E-state index contributed by atoms with van der Waals surface area (Å²) in [5.41, 5.74) is 0.112. The number of hydrogen-bond acceptors (Lipinski definition) is 4. The molecule has 2 aliphatic rings. The van der Waals surface area contributed by atoms with Gasteiger partial charge in [-0.05, 0) is 61.6 Å². The molecule has 0 radical (unpaired) electrons. The summed E-state index contributed by atoms with van der Waals surface area (Å²) in [6.45, 7) is 1.44. The number of rotatable bonds is 5. The summed E-state index contributed by atoms with van der Waals surface area (Å²) in [6, 6.07) is 8.55. The van der Waals surface area contributed by atoms with Gasteiger partial charge in [0.25, 0.3) is 17.7 Å². The van der Waals surface area contributed by atoms with Crippen molar-refractivity contribution in [1.82, 2.24) is 10.0 Å². The zero-order valence-corrected chi connectivity index (χ0v) is 21.1. The predicted molar refractivity (Wildman–Crippen MR) is 130 cm³/mol. The van der Waals surface area contributed by atoms with Gasteiger partial charge in [0.2, 0.25) is 0 Å². The van der Waals surface area contributed by atoms with Crippen molar-refractivity contribution in [2.24, 2.45) is 17.8 Å². The van der Waals surface area contributed by atoms with Crippen molar-refractivity contribution in [3.63, 3.8) is 0 Å². The van der Waals surface area contributed by atoms with Gasteiger partial charge in [-0.2, -0.15) is 5.01 Å². The number of ketones is 1. The average molecular weight is 542 g/mol. The summed E-state index contributed by atoms with van der Waals surface area (Å²) in [7, 11) is 0. The number of hydrazine groups is 1. The van der Waals surface area contributed by atoms with Crippen LogP contribution in [0.25, 0.3) is 0 Å². The van der Waals surface area contributed by atoms with E-state index in [1.807, 2.05) is 6.92 Å². The Morgan fingerprint density at radius 2 is 1.44 bits per heavy atom. The van der Waals surface area contributed by atoms with Crippen molar-refractivity contribution in [3.8, 4) is 0 Å². The summed E-state index contributed by atoms with van der Waals surface area (Å²) in [5, 5.41) is 2.47. The van der Waals surface area contributed by atoms with Gasteiger partial charge < -0.3 is 0 Å². The molecule has 0 spiro atoms. The molecule has 0 aromatic heterocycles. The van der Waals surface area contributed by atoms with Crippen LogP contribution >= 0.6 is 46.4 Å². The van der Waals surface area contributed by atoms with Crippen molar-refractivity contribution in [1.29, 1.82) is 0 Å². The molecule has 4 rings (SSSR count). The molecule has 1 saturated carbocycles. The van der Waals surface area contributed by atoms with E-state index in [1.54, 1.807) is 0 Å². The highest BCUT2D eigenvalue weighted by Gasteiger charge is 2.53. The molecule has 2 aromatic carbocycles. The topological polar surface area (TPSA) is 74.8 Å². The maximum Gasteiger partial charge on any atom is 0.274 e. The molecular formula is C24H20Cl4N2O4. The van der Waals surface area contributed by atoms with E-state index >= 15 is 0 Å². The lowest BCUT2D eigenvalue weighted by molar-refractivity contribution is -0.154. The Hall–Kier alpha value is -2.12. The molecule has 0 N–H and O–H groups in total. The molecule has 1 aliphatic heterocycles. The van der Waals surface area contributed by atoms with Gasteiger partial charge in [0.15, 0.2) is 5.78 Å². The van der Waals surface area contributed by atoms with Gasteiger partial charge in [-0.3, -0.25) is 19.2 Å². The standard InChI is InChI=1S/C24H20Cl4N2O4/c1-12-2-5-15-18(8-12)24(34)30(23(15)33)29(22(32)17-7-4-14(26)10-20(17)28)11-21(31)16-6-3-13(25)9-19(16)27/h3-4,6-7,9-10,12,15,18H,2,5,8,11H2,1H3/t12-,15-,18+/m1/s1. The third kappa shape index (κ3) is 4.69. The van der Waals surface area contributed by atoms with E-state index in [4.69, 9.17) is 46.4 Å². The Kier molecular flexibility index (Phi) is 7.25. The highest BCUT2D eigenvalue weighted by molar-refractivity contribution is 6.37. The van der Waals surface area contributed by atoms with E-state index in [-0.39, 0.29) is 27.1 Å². The highest BCUT2D eigenvalue weighted by atomic mass is 35.5. The normalized spacial score (nSPS) is 22.0. The highest BCUT2D eigenvalue weighted by Crippen LogP contribution is 2.41. The number of carbonyl (C=O) groups excluding carboxylic acids is 4. The van der Waals surface area contributed by atoms with Crippen LogP contribution in [0.1, 0.15) is 46.9 Å². The van der Waals surface area contributed by atoms with Gasteiger partial charge >= 0.3 is 0 Å². The van der Waals surface area contributed by atoms with E-state index in [0.29, 0.717) is 22.9 Å². The number of amides is 3. The number of Topliss-reactive ketones (excluding diaryl/α,β-unsaturated/α-hetero) is 1. The number of halogens is 4. The Balaban J connectivity index is 1.73. The first-order valence-corrected chi connectivity index (χ1v) is 12.2. The minimum atomic E-state index is -0.770. The maximum atomic E-state index is 13.6. The zero-order valence-electron chi connectivity index (χ0n) is 18.1. The molecule has 3 amide bonds. The SMILES string of the molecule is C[C@@H]1CC[C@H]2C(=O)N(N(CC(=O)c3ccc(Cl)cc3Cl)C(=O)c3ccc(Cl)cc3Cl)C(=O)[C@H]2C1. The van der Waals surface area contributed by atoms with Gasteiger partial charge in [0.05, 0.1) is 27.4 Å². The van der Waals surface area contributed by atoms with Crippen LogP contribution in [0.5, 0.6) is 0 Å². The number of hydrogen-bond donors (Lipinski definition) is 0. The molecule has 1 saturated heterocycles. The Morgan fingerprint density at radius 3 is 2.03 bits per heavy atom. The average Bonchev–Trinajstić information content (AvgIpc) is 3.01. The summed E-state index contributed by atoms with van der Waals surface area (Å²) in [6.07, 6.45) is 1.91. The van der Waals surface area contributed by atoms with Gasteiger partial charge in [-0.25, -0.2) is 5.01 Å². The smallest absolute Gasteiger partial charge is 0.274 e. The molecule has 0 unspecified atom stereocenters. The molecule has 178 valence electrons. The van der Waals surface area contributed by atoms with Crippen molar-refractivity contribution in [2.45, 2.75) is 26.2 Å². The van der Waals surface area contributed by atoms with Crippen LogP contribution < -0.4 is 0 Å². The van der Waals surface area contributed by atoms with E-state index < -0.39 is 41.9 Å². The van der Waals surface area contributed by atoms with Gasteiger partial charge in [0.1, 0.15) is 6.54 Å². The first kappa shape index (κ1) is 25.0. The lowest BCUT2D eigenvalue weighted by Gasteiger charge is -2.30. The summed E-state index contributed by atoms with van der Waals surface area (Å²) < 4.78 is 0. The molecule has 1 aliphatic carbocycles. The summed E-state index contributed by atoms with van der Waals surface area (Å²) >= 11 is 24.3. The fourth-order valence-corrected chi connectivity index (χ4v) is 5.59. The Labute approximate surface area is 216 Å². The first-order valence-electron chi connectivity index (χ1n) is 10.7. The summed E-state index contributed by atoms with van der Waals surface area (Å²) in [5.74, 6) is -3.08. The van der Waals surface area contributed by atoms with Gasteiger partial charge in [-0.15, -0.1) is 0 Å². The Morgan fingerprint density at radius 1 is 0.882 bits per heavy atom. The summed E-state index contributed by atoms with van der Waals surface area (Å²) in [4.78, 5) is 53.4. The molecule has 6 nitrogen and oxygen atoms in total. The fourth-order valence-electron chi connectivity index (χ4n) is 4.58. The van der Waals surface area contributed by atoms with Crippen molar-refractivity contribution >= 4 is 69.9 Å². The van der Waals surface area contributed by atoms with E-state index in [0.717, 1.165) is 16.4 Å². The quantitative estimate of drug-likeness (QED) is 0.345. The van der Waals surface area contributed by atoms with Crippen LogP contribution in [0.15, 0.2) is 36.4 Å². The third-order valence-corrected chi connectivity index (χ3v) is 7.42. The van der Waals surface area contributed by atoms with Crippen LogP contribution in [0.3, 0.4) is 0 Å². The van der Waals surface area contributed by atoms with Crippen molar-refractivity contribution in [2.75, 3.05) is 6.54 Å². The zero-order chi connectivity index (χ0) is 24.7. The second-order valence-corrected chi connectivity index (χ2v) is 10.3. The van der Waals surface area contributed by atoms with E-state index in [1.165, 1.54) is 36.4 Å². The molecule has 10 heteroatoms. The van der Waals surface area contributed by atoms with Crippen LogP contribution in [-0.2, 0) is 9.59 Å². The maximum absolute atomic E-state index is 13.6. The second kappa shape index (κ2) is 9.86. The monoisotopic (exact) mass is 540 g/mol. The second-order valence-electron chi connectivity index (χ2n) is 8.65. The van der Waals surface area contributed by atoms with Crippen LogP contribution in [-0.4, -0.2) is 40.1 Å². The lowest BCUT2D eigenvalue weighted by atomic mass is 9.76. The van der Waals surface area contributed by atoms with Crippen LogP contribution in [0, 0.1) is 17.8 Å². The molecule has 3 atom stereocenters. The molecule has 34 heavy (non-hydrogen) atoms. The van der Waals surface area contributed by atoms with Crippen LogP contribution in [0.2, 0.25) is 20.1 Å². The number of imide groups is 1. The fraction of sp³-hybridized carbons (Fsp3) is 0.333. The van der Waals surface area contributed by atoms with Gasteiger partial charge in [0, 0.05) is 15.6 Å². The predicted octanol–water partition coefficient (Wildman–Crippen LogP) is 5.96. The molecular weight excluding hydrogens is 522 g/mol. The lowest BCUT2D eigenvalue weighted by Crippen LogP contribution is -2.52. The van der Waals surface area contributed by atoms with E-state index in [9.17, 15) is 19.2 Å². The molecule has 1 heterocycles. The van der Waals surface area contributed by atoms with Gasteiger partial charge in [-0.1, -0.05) is 53.3 Å². The van der Waals surface area contributed by atoms with Crippen LogP contribution in [0.4, 0.5) is 0 Å². The number of carbonyl (C=O) groups is 4.